The molecule has 0 aliphatic rings. The molecule has 0 bridgehead atoms. The Morgan fingerprint density at radius 2 is 1.72 bits per heavy atom. The van der Waals surface area contributed by atoms with Crippen LogP contribution in [-0.2, 0) is 4.79 Å². The molecule has 0 fully saturated rings. The molecule has 2 N–H and O–H groups in total. The number of rotatable bonds is 5. The smallest absolute Gasteiger partial charge is 0.296 e. The summed E-state index contributed by atoms with van der Waals surface area (Å²) in [6, 6.07) is 12.3. The number of ether oxygens (including phenoxy) is 2. The lowest BCUT2D eigenvalue weighted by atomic mass is 10.1. The molecule has 6 nitrogen and oxygen atoms in total. The molecule has 25 heavy (non-hydrogen) atoms. The van der Waals surface area contributed by atoms with Gasteiger partial charge in [-0.25, -0.2) is 0 Å². The average Bonchev–Trinajstić information content (AvgIpc) is 2.96. The van der Waals surface area contributed by atoms with Gasteiger partial charge in [-0.2, -0.15) is 0 Å². The van der Waals surface area contributed by atoms with Crippen molar-refractivity contribution in [2.24, 2.45) is 0 Å². The first-order valence-electron chi connectivity index (χ1n) is 7.70. The molecule has 0 aliphatic heterocycles. The number of aromatic nitrogens is 1. The zero-order valence-corrected chi connectivity index (χ0v) is 14.2. The van der Waals surface area contributed by atoms with Gasteiger partial charge in [-0.1, -0.05) is 18.2 Å². The monoisotopic (exact) mass is 338 g/mol. The molecule has 0 saturated carbocycles. The Morgan fingerprint density at radius 1 is 1.00 bits per heavy atom. The first kappa shape index (κ1) is 16.6. The molecule has 0 unspecified atom stereocenters. The summed E-state index contributed by atoms with van der Waals surface area (Å²) in [6.07, 6.45) is 0. The molecule has 128 valence electrons. The van der Waals surface area contributed by atoms with Gasteiger partial charge < -0.3 is 19.8 Å². The van der Waals surface area contributed by atoms with Crippen LogP contribution in [0.3, 0.4) is 0 Å². The van der Waals surface area contributed by atoms with E-state index in [1.807, 2.05) is 24.3 Å². The molecule has 0 saturated heterocycles. The van der Waals surface area contributed by atoms with Crippen LogP contribution >= 0.6 is 0 Å². The van der Waals surface area contributed by atoms with Gasteiger partial charge in [0.1, 0.15) is 0 Å². The van der Waals surface area contributed by atoms with Crippen LogP contribution in [-0.4, -0.2) is 30.9 Å². The SMILES string of the molecule is COc1ccc(NC(=O)C(=O)c2c(C)[nH]c3ccccc23)cc1OC. The van der Waals surface area contributed by atoms with Crippen molar-refractivity contribution >= 4 is 28.3 Å². The zero-order valence-electron chi connectivity index (χ0n) is 14.2. The highest BCUT2D eigenvalue weighted by Crippen LogP contribution is 2.30. The van der Waals surface area contributed by atoms with E-state index in [9.17, 15) is 9.59 Å². The van der Waals surface area contributed by atoms with E-state index < -0.39 is 11.7 Å². The predicted molar refractivity (Wildman–Crippen MR) is 95.5 cm³/mol. The molecule has 1 aromatic heterocycles. The standard InChI is InChI=1S/C19H18N2O4/c1-11-17(13-6-4-5-7-14(13)20-11)18(22)19(23)21-12-8-9-15(24-2)16(10-12)25-3/h4-10,20H,1-3H3,(H,21,23). The van der Waals surface area contributed by atoms with Gasteiger partial charge in [0.25, 0.3) is 11.7 Å². The van der Waals surface area contributed by atoms with Gasteiger partial charge in [-0.3, -0.25) is 9.59 Å². The summed E-state index contributed by atoms with van der Waals surface area (Å²) in [7, 11) is 3.03. The minimum Gasteiger partial charge on any atom is -0.493 e. The number of anilines is 1. The molecule has 2 aromatic carbocycles. The lowest BCUT2D eigenvalue weighted by Gasteiger charge is -2.10. The van der Waals surface area contributed by atoms with Crippen molar-refractivity contribution in [1.29, 1.82) is 0 Å². The molecular formula is C19H18N2O4. The summed E-state index contributed by atoms with van der Waals surface area (Å²) in [4.78, 5) is 28.2. The number of benzene rings is 2. The fourth-order valence-corrected chi connectivity index (χ4v) is 2.78. The fourth-order valence-electron chi connectivity index (χ4n) is 2.78. The topological polar surface area (TPSA) is 80.4 Å². The Labute approximate surface area is 144 Å². The number of hydrogen-bond acceptors (Lipinski definition) is 4. The normalized spacial score (nSPS) is 10.5. The maximum atomic E-state index is 12.6. The van der Waals surface area contributed by atoms with Crippen molar-refractivity contribution in [3.05, 3.63) is 53.7 Å². The van der Waals surface area contributed by atoms with Gasteiger partial charge in [-0.05, 0) is 25.1 Å². The van der Waals surface area contributed by atoms with Crippen LogP contribution in [0.4, 0.5) is 5.69 Å². The number of methoxy groups -OCH3 is 2. The number of para-hydroxylation sites is 1. The molecule has 1 heterocycles. The van der Waals surface area contributed by atoms with Crippen LogP contribution in [0.5, 0.6) is 11.5 Å². The molecule has 0 aliphatic carbocycles. The molecule has 3 aromatic rings. The quantitative estimate of drug-likeness (QED) is 0.552. The second-order valence-corrected chi connectivity index (χ2v) is 5.52. The van der Waals surface area contributed by atoms with E-state index in [1.165, 1.54) is 14.2 Å². The van der Waals surface area contributed by atoms with Crippen LogP contribution in [0, 0.1) is 6.92 Å². The number of ketones is 1. The number of amides is 1. The van der Waals surface area contributed by atoms with Crippen molar-refractivity contribution in [2.45, 2.75) is 6.92 Å². The lowest BCUT2D eigenvalue weighted by molar-refractivity contribution is -0.112. The van der Waals surface area contributed by atoms with E-state index >= 15 is 0 Å². The molecule has 0 spiro atoms. The Kier molecular flexibility index (Phi) is 4.43. The Bertz CT molecular complexity index is 959. The number of carbonyl (C=O) groups is 2. The van der Waals surface area contributed by atoms with Crippen LogP contribution in [0.25, 0.3) is 10.9 Å². The summed E-state index contributed by atoms with van der Waals surface area (Å²) < 4.78 is 10.4. The maximum Gasteiger partial charge on any atom is 0.296 e. The van der Waals surface area contributed by atoms with Gasteiger partial charge in [0.05, 0.1) is 19.8 Å². The van der Waals surface area contributed by atoms with Gasteiger partial charge in [0.15, 0.2) is 11.5 Å². The summed E-state index contributed by atoms with van der Waals surface area (Å²) >= 11 is 0. The summed E-state index contributed by atoms with van der Waals surface area (Å²) in [5, 5.41) is 3.34. The number of H-pyrrole nitrogens is 1. The van der Waals surface area contributed by atoms with Crippen molar-refractivity contribution < 1.29 is 19.1 Å². The largest absolute Gasteiger partial charge is 0.493 e. The van der Waals surface area contributed by atoms with Crippen molar-refractivity contribution in [2.75, 3.05) is 19.5 Å². The van der Waals surface area contributed by atoms with Gasteiger partial charge in [0, 0.05) is 28.4 Å². The average molecular weight is 338 g/mol. The third-order valence-corrected chi connectivity index (χ3v) is 3.97. The molecular weight excluding hydrogens is 320 g/mol. The van der Waals surface area contributed by atoms with Crippen molar-refractivity contribution in [3.8, 4) is 11.5 Å². The third-order valence-electron chi connectivity index (χ3n) is 3.97. The van der Waals surface area contributed by atoms with Crippen molar-refractivity contribution in [1.82, 2.24) is 4.98 Å². The Balaban J connectivity index is 1.88. The first-order valence-corrected chi connectivity index (χ1v) is 7.70. The number of hydrogen-bond donors (Lipinski definition) is 2. The minimum atomic E-state index is -0.708. The van der Waals surface area contributed by atoms with E-state index in [4.69, 9.17) is 9.47 Å². The van der Waals surface area contributed by atoms with E-state index in [0.29, 0.717) is 28.4 Å². The zero-order chi connectivity index (χ0) is 18.0. The first-order chi connectivity index (χ1) is 12.0. The van der Waals surface area contributed by atoms with E-state index in [-0.39, 0.29) is 0 Å². The fraction of sp³-hybridized carbons (Fsp3) is 0.158. The second-order valence-electron chi connectivity index (χ2n) is 5.52. The highest BCUT2D eigenvalue weighted by molar-refractivity contribution is 6.48. The number of fused-ring (bicyclic) bond motifs is 1. The van der Waals surface area contributed by atoms with Gasteiger partial charge >= 0.3 is 0 Å². The Morgan fingerprint density at radius 3 is 2.44 bits per heavy atom. The molecule has 1 amide bonds. The van der Waals surface area contributed by atoms with Crippen molar-refractivity contribution in [3.63, 3.8) is 0 Å². The molecule has 0 atom stereocenters. The third kappa shape index (κ3) is 3.06. The van der Waals surface area contributed by atoms with Crippen LogP contribution < -0.4 is 14.8 Å². The molecule has 0 radical (unpaired) electrons. The number of aryl methyl sites for hydroxylation is 1. The molecule has 6 heteroatoms. The van der Waals surface area contributed by atoms with E-state index in [0.717, 1.165) is 10.9 Å². The second kappa shape index (κ2) is 6.68. The van der Waals surface area contributed by atoms with Crippen LogP contribution in [0.15, 0.2) is 42.5 Å². The Hall–Kier alpha value is -3.28. The number of aromatic amines is 1. The number of Topliss-reactive ketones (excluding diaryl/α,β-unsaturated/α-hetero) is 1. The predicted octanol–water partition coefficient (Wildman–Crippen LogP) is 3.31. The highest BCUT2D eigenvalue weighted by Gasteiger charge is 2.23. The number of carbonyl (C=O) groups excluding carboxylic acids is 2. The molecule has 3 rings (SSSR count). The van der Waals surface area contributed by atoms with Gasteiger partial charge in [-0.15, -0.1) is 0 Å². The summed E-state index contributed by atoms with van der Waals surface area (Å²) in [5.41, 5.74) is 2.32. The number of nitrogens with one attached hydrogen (secondary N) is 2. The maximum absolute atomic E-state index is 12.6. The summed E-state index contributed by atoms with van der Waals surface area (Å²) in [6.45, 7) is 1.77. The van der Waals surface area contributed by atoms with E-state index in [2.05, 4.69) is 10.3 Å². The summed E-state index contributed by atoms with van der Waals surface area (Å²) in [5.74, 6) is -0.292. The van der Waals surface area contributed by atoms with Gasteiger partial charge in [0.2, 0.25) is 0 Å². The van der Waals surface area contributed by atoms with E-state index in [1.54, 1.807) is 25.1 Å². The minimum absolute atomic E-state index is 0.383. The highest BCUT2D eigenvalue weighted by atomic mass is 16.5. The van der Waals surface area contributed by atoms with Crippen LogP contribution in [0.2, 0.25) is 0 Å². The lowest BCUT2D eigenvalue weighted by Crippen LogP contribution is -2.23. The van der Waals surface area contributed by atoms with Crippen LogP contribution in [0.1, 0.15) is 16.1 Å².